The highest BCUT2D eigenvalue weighted by Crippen LogP contribution is 2.44. The van der Waals surface area contributed by atoms with Gasteiger partial charge in [0.2, 0.25) is 0 Å². The molecule has 4 heterocycles. The van der Waals surface area contributed by atoms with E-state index >= 15 is 0 Å². The third-order valence-corrected chi connectivity index (χ3v) is 10.9. The standard InChI is InChI=1S/C38H56N8O6/c1-41-15-19-43(20-16-41)11-5-9-39-29-25-27-32-31-28(36(48)45(13-7-23-51-3)37(49)33(29)31)26-30(40-10-6-12-44-21-17-42(2)18-22-44)34(32)38(50)46(35(27)47)14-8-24-52-4/h25-26,39-40H,5-24H2,1-4H3. The molecule has 284 valence electrons. The summed E-state index contributed by atoms with van der Waals surface area (Å²) in [6, 6.07) is 3.47. The van der Waals surface area contributed by atoms with E-state index in [1.54, 1.807) is 26.4 Å². The van der Waals surface area contributed by atoms with E-state index in [0.717, 1.165) is 78.3 Å². The number of anilines is 2. The lowest BCUT2D eigenvalue weighted by Crippen LogP contribution is -2.45. The number of benzene rings is 2. The van der Waals surface area contributed by atoms with E-state index in [4.69, 9.17) is 9.47 Å². The van der Waals surface area contributed by atoms with Gasteiger partial charge in [0, 0.05) is 128 Å². The second-order valence-corrected chi connectivity index (χ2v) is 14.5. The van der Waals surface area contributed by atoms with Crippen molar-refractivity contribution in [2.75, 3.05) is 144 Å². The summed E-state index contributed by atoms with van der Waals surface area (Å²) in [6.07, 6.45) is 2.65. The monoisotopic (exact) mass is 720 g/mol. The van der Waals surface area contributed by atoms with Crippen molar-refractivity contribution in [2.45, 2.75) is 25.7 Å². The number of nitrogens with zero attached hydrogens (tertiary/aromatic N) is 6. The van der Waals surface area contributed by atoms with Gasteiger partial charge in [-0.3, -0.25) is 29.0 Å². The molecule has 52 heavy (non-hydrogen) atoms. The van der Waals surface area contributed by atoms with Gasteiger partial charge in [-0.1, -0.05) is 0 Å². The van der Waals surface area contributed by atoms with Crippen LogP contribution in [0.4, 0.5) is 11.4 Å². The molecule has 14 nitrogen and oxygen atoms in total. The fourth-order valence-corrected chi connectivity index (χ4v) is 7.78. The van der Waals surface area contributed by atoms with Crippen LogP contribution in [-0.2, 0) is 9.47 Å². The van der Waals surface area contributed by atoms with Crippen LogP contribution in [0.5, 0.6) is 0 Å². The van der Waals surface area contributed by atoms with E-state index < -0.39 is 23.6 Å². The highest BCUT2D eigenvalue weighted by atomic mass is 16.5. The summed E-state index contributed by atoms with van der Waals surface area (Å²) >= 11 is 0. The van der Waals surface area contributed by atoms with Crippen LogP contribution in [0.15, 0.2) is 12.1 Å². The van der Waals surface area contributed by atoms with Gasteiger partial charge in [-0.05, 0) is 65.0 Å². The van der Waals surface area contributed by atoms with Gasteiger partial charge in [0.1, 0.15) is 0 Å². The van der Waals surface area contributed by atoms with Crippen molar-refractivity contribution in [1.29, 1.82) is 0 Å². The van der Waals surface area contributed by atoms with Crippen molar-refractivity contribution in [3.8, 4) is 0 Å². The first-order chi connectivity index (χ1) is 25.2. The van der Waals surface area contributed by atoms with Crippen molar-refractivity contribution in [3.63, 3.8) is 0 Å². The van der Waals surface area contributed by atoms with E-state index in [1.807, 2.05) is 0 Å². The fraction of sp³-hybridized carbons (Fsp3) is 0.632. The first kappa shape index (κ1) is 38.1. The van der Waals surface area contributed by atoms with Crippen LogP contribution in [0, 0.1) is 0 Å². The van der Waals surface area contributed by atoms with E-state index in [1.165, 1.54) is 9.80 Å². The molecule has 0 unspecified atom stereocenters. The molecule has 2 aromatic carbocycles. The average Bonchev–Trinajstić information content (AvgIpc) is 3.14. The van der Waals surface area contributed by atoms with Crippen LogP contribution in [0.3, 0.4) is 0 Å². The van der Waals surface area contributed by atoms with Gasteiger partial charge in [0.15, 0.2) is 0 Å². The quantitative estimate of drug-likeness (QED) is 0.173. The van der Waals surface area contributed by atoms with E-state index in [2.05, 4.69) is 44.3 Å². The predicted molar refractivity (Wildman–Crippen MR) is 202 cm³/mol. The number of piperazine rings is 2. The minimum atomic E-state index is -0.429. The lowest BCUT2D eigenvalue weighted by molar-refractivity contribution is 0.0574. The summed E-state index contributed by atoms with van der Waals surface area (Å²) in [5, 5.41) is 7.74. The molecule has 2 fully saturated rings. The Morgan fingerprint density at radius 2 is 0.923 bits per heavy atom. The largest absolute Gasteiger partial charge is 0.385 e. The SMILES string of the molecule is COCCCN1C(=O)c2cc(NCCCN3CCN(C)CC3)c3c4c(cc(NCCCN5CCN(C)CC5)c(c24)C1=O)C(=O)N(CCCOC)C3=O. The number of hydrogen-bond donors (Lipinski definition) is 2. The minimum absolute atomic E-state index is 0.192. The van der Waals surface area contributed by atoms with Crippen LogP contribution in [0.1, 0.15) is 67.1 Å². The number of hydrogen-bond acceptors (Lipinski definition) is 12. The molecule has 0 aromatic heterocycles. The van der Waals surface area contributed by atoms with Crippen molar-refractivity contribution in [1.82, 2.24) is 29.4 Å². The van der Waals surface area contributed by atoms with E-state index in [0.29, 0.717) is 83.5 Å². The Morgan fingerprint density at radius 1 is 0.538 bits per heavy atom. The van der Waals surface area contributed by atoms with Crippen LogP contribution < -0.4 is 10.6 Å². The van der Waals surface area contributed by atoms with Crippen LogP contribution in [-0.4, -0.2) is 186 Å². The maximum Gasteiger partial charge on any atom is 0.263 e. The summed E-state index contributed by atoms with van der Waals surface area (Å²) < 4.78 is 10.5. The van der Waals surface area contributed by atoms with Gasteiger partial charge in [0.25, 0.3) is 23.6 Å². The number of carbonyl (C=O) groups is 4. The van der Waals surface area contributed by atoms with Crippen LogP contribution >= 0.6 is 0 Å². The van der Waals surface area contributed by atoms with Crippen LogP contribution in [0.25, 0.3) is 10.8 Å². The van der Waals surface area contributed by atoms with Crippen LogP contribution in [0.2, 0.25) is 0 Å². The van der Waals surface area contributed by atoms with Crippen molar-refractivity contribution in [2.24, 2.45) is 0 Å². The summed E-state index contributed by atoms with van der Waals surface area (Å²) in [5.74, 6) is -1.71. The van der Waals surface area contributed by atoms with Gasteiger partial charge in [-0.2, -0.15) is 0 Å². The second kappa shape index (κ2) is 17.4. The second-order valence-electron chi connectivity index (χ2n) is 14.5. The Kier molecular flexibility index (Phi) is 12.8. The Balaban J connectivity index is 1.37. The van der Waals surface area contributed by atoms with Crippen molar-refractivity contribution >= 4 is 45.8 Å². The molecule has 0 radical (unpaired) electrons. The molecule has 2 saturated heterocycles. The molecule has 4 aliphatic heterocycles. The van der Waals surface area contributed by atoms with Gasteiger partial charge in [0.05, 0.1) is 22.3 Å². The molecule has 0 spiro atoms. The molecule has 2 N–H and O–H groups in total. The number of carbonyl (C=O) groups excluding carboxylic acids is 4. The smallest absolute Gasteiger partial charge is 0.263 e. The number of ether oxygens (including phenoxy) is 2. The number of methoxy groups -OCH3 is 2. The van der Waals surface area contributed by atoms with Gasteiger partial charge in [-0.25, -0.2) is 0 Å². The Hall–Kier alpha value is -3.66. The molecule has 2 aromatic rings. The summed E-state index contributed by atoms with van der Waals surface area (Å²) in [4.78, 5) is 69.2. The lowest BCUT2D eigenvalue weighted by atomic mass is 9.83. The Morgan fingerprint density at radius 3 is 1.29 bits per heavy atom. The van der Waals surface area contributed by atoms with E-state index in [9.17, 15) is 19.2 Å². The van der Waals surface area contributed by atoms with Crippen molar-refractivity contribution in [3.05, 3.63) is 34.4 Å². The lowest BCUT2D eigenvalue weighted by Gasteiger charge is -2.35. The topological polar surface area (TPSA) is 130 Å². The zero-order valence-electron chi connectivity index (χ0n) is 31.4. The molecule has 0 bridgehead atoms. The maximum atomic E-state index is 14.3. The highest BCUT2D eigenvalue weighted by Gasteiger charge is 2.42. The molecule has 0 saturated carbocycles. The summed E-state index contributed by atoms with van der Waals surface area (Å²) in [5.41, 5.74) is 2.33. The number of nitrogens with one attached hydrogen (secondary N) is 2. The number of likely N-dealkylation sites (N-methyl/N-ethyl adjacent to an activating group) is 2. The molecule has 0 atom stereocenters. The fourth-order valence-electron chi connectivity index (χ4n) is 7.78. The molecule has 0 aliphatic carbocycles. The average molecular weight is 721 g/mol. The Labute approximate surface area is 307 Å². The highest BCUT2D eigenvalue weighted by molar-refractivity contribution is 6.36. The predicted octanol–water partition coefficient (Wildman–Crippen LogP) is 2.20. The van der Waals surface area contributed by atoms with Gasteiger partial charge >= 0.3 is 0 Å². The van der Waals surface area contributed by atoms with E-state index in [-0.39, 0.29) is 13.1 Å². The number of rotatable bonds is 18. The molecule has 4 amide bonds. The normalized spacial score (nSPS) is 19.0. The summed E-state index contributed by atoms with van der Waals surface area (Å²) in [6.45, 7) is 12.3. The number of amides is 4. The Bertz CT molecular complexity index is 1520. The summed E-state index contributed by atoms with van der Waals surface area (Å²) in [7, 11) is 7.46. The zero-order valence-corrected chi connectivity index (χ0v) is 31.4. The third kappa shape index (κ3) is 8.12. The molecule has 14 heteroatoms. The number of imide groups is 2. The van der Waals surface area contributed by atoms with Gasteiger partial charge < -0.3 is 39.7 Å². The first-order valence-corrected chi connectivity index (χ1v) is 18.9. The molecule has 6 rings (SSSR count). The minimum Gasteiger partial charge on any atom is -0.385 e. The third-order valence-electron chi connectivity index (χ3n) is 10.9. The molecular formula is C38H56N8O6. The maximum absolute atomic E-state index is 14.3. The zero-order chi connectivity index (χ0) is 36.8. The van der Waals surface area contributed by atoms with Crippen molar-refractivity contribution < 1.29 is 28.7 Å². The molecular weight excluding hydrogens is 664 g/mol. The van der Waals surface area contributed by atoms with Gasteiger partial charge in [-0.15, -0.1) is 0 Å². The molecule has 4 aliphatic rings. The first-order valence-electron chi connectivity index (χ1n) is 18.9.